The lowest BCUT2D eigenvalue weighted by molar-refractivity contribution is -0.141. The number of rotatable bonds is 2. The van der Waals surface area contributed by atoms with Crippen molar-refractivity contribution in [1.29, 1.82) is 0 Å². The Morgan fingerprint density at radius 1 is 1.44 bits per heavy atom. The zero-order valence-corrected chi connectivity index (χ0v) is 12.4. The Hall–Kier alpha value is -0.570. The van der Waals surface area contributed by atoms with Gasteiger partial charge in [-0.1, -0.05) is 0 Å². The van der Waals surface area contributed by atoms with Crippen LogP contribution in [0.2, 0.25) is 0 Å². The number of hydrogen-bond acceptors (Lipinski definition) is 1. The molecular weight excluding hydrogens is 376 g/mol. The van der Waals surface area contributed by atoms with E-state index in [2.05, 4.69) is 27.6 Å². The lowest BCUT2D eigenvalue weighted by atomic mass is 10.2. The Balaban J connectivity index is 2.51. The van der Waals surface area contributed by atoms with Gasteiger partial charge in [0.15, 0.2) is 4.77 Å². The molecule has 0 fully saturated rings. The lowest BCUT2D eigenvalue weighted by Crippen LogP contribution is -2.16. The monoisotopic (exact) mass is 386 g/mol. The van der Waals surface area contributed by atoms with Gasteiger partial charge >= 0.3 is 6.18 Å². The van der Waals surface area contributed by atoms with E-state index in [9.17, 15) is 13.2 Å². The highest BCUT2D eigenvalue weighted by molar-refractivity contribution is 14.1. The highest BCUT2D eigenvalue weighted by Crippen LogP contribution is 2.30. The van der Waals surface area contributed by atoms with Gasteiger partial charge in [-0.25, -0.2) is 0 Å². The number of benzene rings is 1. The fourth-order valence-electron chi connectivity index (χ4n) is 1.97. The van der Waals surface area contributed by atoms with E-state index < -0.39 is 18.6 Å². The minimum Gasteiger partial charge on any atom is -0.331 e. The van der Waals surface area contributed by atoms with Crippen LogP contribution in [-0.2, 0) is 0 Å². The van der Waals surface area contributed by atoms with E-state index >= 15 is 0 Å². The van der Waals surface area contributed by atoms with Crippen LogP contribution in [0.5, 0.6) is 0 Å². The predicted molar refractivity (Wildman–Crippen MR) is 75.2 cm³/mol. The first-order chi connectivity index (χ1) is 8.28. The molecule has 1 unspecified atom stereocenters. The summed E-state index contributed by atoms with van der Waals surface area (Å²) >= 11 is 7.24. The second-order valence-electron chi connectivity index (χ2n) is 4.13. The number of imidazole rings is 1. The number of alkyl halides is 3. The summed E-state index contributed by atoms with van der Waals surface area (Å²) in [6.07, 6.45) is -5.08. The average molecular weight is 386 g/mol. The summed E-state index contributed by atoms with van der Waals surface area (Å²) in [5.41, 5.74) is 1.47. The quantitative estimate of drug-likeness (QED) is 0.580. The minimum absolute atomic E-state index is 0.323. The number of aromatic amines is 1. The van der Waals surface area contributed by atoms with Crippen molar-refractivity contribution in [3.8, 4) is 0 Å². The summed E-state index contributed by atoms with van der Waals surface area (Å²) in [6, 6.07) is 4.78. The van der Waals surface area contributed by atoms with Crippen molar-refractivity contribution in [2.75, 3.05) is 0 Å². The molecule has 1 N–H and O–H groups in total. The number of hydrogen-bond donors (Lipinski definition) is 1. The SMILES string of the molecule is CC(CC(F)(F)F)n1c(=S)[nH]c2cc(I)ccc21. The summed E-state index contributed by atoms with van der Waals surface area (Å²) < 4.78 is 40.2. The van der Waals surface area contributed by atoms with Gasteiger partial charge < -0.3 is 9.55 Å². The van der Waals surface area contributed by atoms with Crippen molar-refractivity contribution in [1.82, 2.24) is 9.55 Å². The van der Waals surface area contributed by atoms with Crippen molar-refractivity contribution in [3.05, 3.63) is 26.5 Å². The molecule has 0 spiro atoms. The molecule has 2 nitrogen and oxygen atoms in total. The van der Waals surface area contributed by atoms with Gasteiger partial charge in [-0.2, -0.15) is 13.2 Å². The second kappa shape index (κ2) is 4.84. The van der Waals surface area contributed by atoms with E-state index in [1.807, 2.05) is 12.1 Å². The molecule has 2 aromatic rings. The molecule has 18 heavy (non-hydrogen) atoms. The number of nitrogens with one attached hydrogen (secondary N) is 1. The van der Waals surface area contributed by atoms with E-state index in [-0.39, 0.29) is 0 Å². The molecular formula is C11H10F3IN2S. The Kier molecular flexibility index (Phi) is 3.72. The summed E-state index contributed by atoms with van der Waals surface area (Å²) in [4.78, 5) is 2.94. The van der Waals surface area contributed by atoms with Crippen LogP contribution >= 0.6 is 34.8 Å². The van der Waals surface area contributed by atoms with Crippen LogP contribution in [0, 0.1) is 8.34 Å². The Bertz CT molecular complexity index is 629. The van der Waals surface area contributed by atoms with Gasteiger partial charge in [-0.3, -0.25) is 0 Å². The number of aromatic nitrogens is 2. The number of halogens is 4. The van der Waals surface area contributed by atoms with Gasteiger partial charge in [0.1, 0.15) is 0 Å². The third-order valence-corrected chi connectivity index (χ3v) is 3.62. The van der Waals surface area contributed by atoms with Gasteiger partial charge in [0, 0.05) is 9.61 Å². The Morgan fingerprint density at radius 2 is 2.11 bits per heavy atom. The van der Waals surface area contributed by atoms with Crippen molar-refractivity contribution in [3.63, 3.8) is 0 Å². The molecule has 0 saturated heterocycles. The van der Waals surface area contributed by atoms with Crippen LogP contribution in [0.15, 0.2) is 18.2 Å². The predicted octanol–water partition coefficient (Wildman–Crippen LogP) is 4.82. The molecule has 0 bridgehead atoms. The van der Waals surface area contributed by atoms with Crippen molar-refractivity contribution >= 4 is 45.8 Å². The normalized spacial score (nSPS) is 14.1. The number of nitrogens with zero attached hydrogens (tertiary/aromatic N) is 1. The number of H-pyrrole nitrogens is 1. The molecule has 7 heteroatoms. The first-order valence-corrected chi connectivity index (χ1v) is 6.73. The summed E-state index contributed by atoms with van der Waals surface area (Å²) in [7, 11) is 0. The molecule has 0 aliphatic heterocycles. The van der Waals surface area contributed by atoms with E-state index in [0.717, 1.165) is 9.09 Å². The molecule has 1 aromatic heterocycles. The molecule has 1 aromatic carbocycles. The van der Waals surface area contributed by atoms with Crippen LogP contribution in [-0.4, -0.2) is 15.7 Å². The molecule has 0 aliphatic rings. The van der Waals surface area contributed by atoms with Gasteiger partial charge in [0.05, 0.1) is 17.5 Å². The standard InChI is InChI=1S/C11H10F3IN2S/c1-6(5-11(12,13)14)17-9-3-2-7(15)4-8(9)16-10(17)18/h2-4,6H,5H2,1H3,(H,16,18). The van der Waals surface area contributed by atoms with Crippen molar-refractivity contribution in [2.45, 2.75) is 25.6 Å². The van der Waals surface area contributed by atoms with E-state index in [1.165, 1.54) is 11.5 Å². The third-order valence-electron chi connectivity index (χ3n) is 2.65. The van der Waals surface area contributed by atoms with Crippen LogP contribution in [0.1, 0.15) is 19.4 Å². The van der Waals surface area contributed by atoms with Crippen LogP contribution in [0.4, 0.5) is 13.2 Å². The van der Waals surface area contributed by atoms with Gasteiger partial charge in [0.2, 0.25) is 0 Å². The zero-order valence-electron chi connectivity index (χ0n) is 9.38. The van der Waals surface area contributed by atoms with Crippen molar-refractivity contribution < 1.29 is 13.2 Å². The maximum absolute atomic E-state index is 12.4. The first-order valence-electron chi connectivity index (χ1n) is 5.24. The van der Waals surface area contributed by atoms with E-state index in [4.69, 9.17) is 12.2 Å². The van der Waals surface area contributed by atoms with Crippen molar-refractivity contribution in [2.24, 2.45) is 0 Å². The molecule has 1 heterocycles. The fourth-order valence-corrected chi connectivity index (χ4v) is 2.85. The van der Waals surface area contributed by atoms with Gasteiger partial charge in [-0.05, 0) is 59.9 Å². The fraction of sp³-hybridized carbons (Fsp3) is 0.364. The topological polar surface area (TPSA) is 20.7 Å². The minimum atomic E-state index is -4.19. The maximum atomic E-state index is 12.4. The van der Waals surface area contributed by atoms with Crippen LogP contribution < -0.4 is 0 Å². The van der Waals surface area contributed by atoms with Gasteiger partial charge in [0.25, 0.3) is 0 Å². The van der Waals surface area contributed by atoms with Crippen LogP contribution in [0.25, 0.3) is 11.0 Å². The van der Waals surface area contributed by atoms with E-state index in [0.29, 0.717) is 10.3 Å². The second-order valence-corrected chi connectivity index (χ2v) is 5.76. The Labute approximate surface area is 120 Å². The highest BCUT2D eigenvalue weighted by atomic mass is 127. The summed E-state index contributed by atoms with van der Waals surface area (Å²) in [5, 5.41) is 0. The third kappa shape index (κ3) is 2.87. The highest BCUT2D eigenvalue weighted by Gasteiger charge is 2.31. The molecule has 0 radical (unpaired) electrons. The Morgan fingerprint density at radius 3 is 2.72 bits per heavy atom. The van der Waals surface area contributed by atoms with Gasteiger partial charge in [-0.15, -0.1) is 0 Å². The molecule has 1 atom stereocenters. The zero-order chi connectivity index (χ0) is 13.5. The number of fused-ring (bicyclic) bond motifs is 1. The lowest BCUT2D eigenvalue weighted by Gasteiger charge is -2.16. The molecule has 98 valence electrons. The smallest absolute Gasteiger partial charge is 0.331 e. The summed E-state index contributed by atoms with van der Waals surface area (Å²) in [6.45, 7) is 1.52. The first kappa shape index (κ1) is 13.9. The van der Waals surface area contributed by atoms with Crippen LogP contribution in [0.3, 0.4) is 0 Å². The molecule has 2 rings (SSSR count). The molecule has 0 aliphatic carbocycles. The largest absolute Gasteiger partial charge is 0.391 e. The molecule has 0 saturated carbocycles. The summed E-state index contributed by atoms with van der Waals surface area (Å²) in [5.74, 6) is 0. The maximum Gasteiger partial charge on any atom is 0.391 e. The van der Waals surface area contributed by atoms with E-state index in [1.54, 1.807) is 6.07 Å². The average Bonchev–Trinajstić information content (AvgIpc) is 2.50. The molecule has 0 amide bonds.